The van der Waals surface area contributed by atoms with Crippen LogP contribution >= 0.6 is 0 Å². The maximum absolute atomic E-state index is 12.2. The zero-order valence-electron chi connectivity index (χ0n) is 9.03. The van der Waals surface area contributed by atoms with Gasteiger partial charge in [0, 0.05) is 20.0 Å². The lowest BCUT2D eigenvalue weighted by Crippen LogP contribution is -2.41. The van der Waals surface area contributed by atoms with Crippen LogP contribution in [0.15, 0.2) is 0 Å². The Balaban J connectivity index is 2.66. The lowest BCUT2D eigenvalue weighted by Gasteiger charge is -2.26. The number of ether oxygens (including phenoxy) is 1. The van der Waals surface area contributed by atoms with Gasteiger partial charge in [-0.15, -0.1) is 0 Å². The topological polar surface area (TPSA) is 63.7 Å². The molecule has 0 amide bonds. The third-order valence-electron chi connectivity index (χ3n) is 2.46. The average Bonchev–Trinajstić information content (AvgIpc) is 2.15. The number of alkyl halides is 3. The number of carbonyl (C=O) groups is 1. The molecule has 9 heteroatoms. The van der Waals surface area contributed by atoms with Crippen LogP contribution in [-0.4, -0.2) is 44.4 Å². The molecule has 1 unspecified atom stereocenters. The fourth-order valence-corrected chi connectivity index (χ4v) is 2.29. The van der Waals surface area contributed by atoms with Gasteiger partial charge in [0.25, 0.3) is 0 Å². The van der Waals surface area contributed by atoms with E-state index in [1.54, 1.807) is 0 Å². The lowest BCUT2D eigenvalue weighted by molar-refractivity contribution is -0.149. The number of cyclic esters (lactones) is 1. The van der Waals surface area contributed by atoms with Crippen molar-refractivity contribution in [2.24, 2.45) is 5.92 Å². The zero-order valence-corrected chi connectivity index (χ0v) is 9.84. The molecule has 0 spiro atoms. The monoisotopic (exact) mass is 275 g/mol. The van der Waals surface area contributed by atoms with Gasteiger partial charge in [-0.05, 0) is 12.3 Å². The van der Waals surface area contributed by atoms with E-state index in [-0.39, 0.29) is 23.9 Å². The number of hydrogen-bond donors (Lipinski definition) is 0. The van der Waals surface area contributed by atoms with E-state index in [4.69, 9.17) is 0 Å². The van der Waals surface area contributed by atoms with Crippen LogP contribution in [0.1, 0.15) is 12.8 Å². The molecule has 1 heterocycles. The molecule has 0 N–H and O–H groups in total. The van der Waals surface area contributed by atoms with Gasteiger partial charge in [0.1, 0.15) is 0 Å². The molecule has 17 heavy (non-hydrogen) atoms. The number of esters is 1. The van der Waals surface area contributed by atoms with Crippen molar-refractivity contribution in [2.45, 2.75) is 18.3 Å². The first kappa shape index (κ1) is 14.2. The Labute approximate surface area is 96.6 Å². The average molecular weight is 275 g/mol. The minimum atomic E-state index is -5.31. The molecule has 1 saturated heterocycles. The normalized spacial score (nSPS) is 22.6. The van der Waals surface area contributed by atoms with Crippen LogP contribution in [0.4, 0.5) is 13.2 Å². The first-order chi connectivity index (χ1) is 7.64. The van der Waals surface area contributed by atoms with Gasteiger partial charge in [-0.3, -0.25) is 4.79 Å². The molecule has 1 fully saturated rings. The summed E-state index contributed by atoms with van der Waals surface area (Å²) in [5.41, 5.74) is -5.31. The summed E-state index contributed by atoms with van der Waals surface area (Å²) in [6.07, 6.45) is 0.307. The molecule has 0 aliphatic carbocycles. The summed E-state index contributed by atoms with van der Waals surface area (Å²) in [5, 5.41) is 0. The highest BCUT2D eigenvalue weighted by Crippen LogP contribution is 2.27. The molecule has 0 saturated carbocycles. The highest BCUT2D eigenvalue weighted by molar-refractivity contribution is 7.89. The van der Waals surface area contributed by atoms with E-state index in [1.807, 2.05) is 0 Å². The van der Waals surface area contributed by atoms with Crippen molar-refractivity contribution in [1.29, 1.82) is 0 Å². The molecule has 0 aromatic rings. The van der Waals surface area contributed by atoms with E-state index in [0.717, 1.165) is 7.05 Å². The first-order valence-electron chi connectivity index (χ1n) is 4.83. The first-order valence-corrected chi connectivity index (χ1v) is 6.27. The minimum absolute atomic E-state index is 0.0578. The number of hydrogen-bond acceptors (Lipinski definition) is 4. The molecule has 1 atom stereocenters. The molecule has 1 aliphatic rings. The molecule has 0 aromatic carbocycles. The molecule has 1 aliphatic heterocycles. The highest BCUT2D eigenvalue weighted by Gasteiger charge is 2.49. The number of carbonyl (C=O) groups excluding carboxylic acids is 1. The zero-order chi connectivity index (χ0) is 13.3. The molecule has 0 bridgehead atoms. The minimum Gasteiger partial charge on any atom is -0.466 e. The molecular weight excluding hydrogens is 263 g/mol. The van der Waals surface area contributed by atoms with Crippen LogP contribution in [0.25, 0.3) is 0 Å². The molecule has 5 nitrogen and oxygen atoms in total. The second-order valence-electron chi connectivity index (χ2n) is 3.81. The van der Waals surface area contributed by atoms with Crippen LogP contribution in [0.3, 0.4) is 0 Å². The number of rotatable bonds is 3. The van der Waals surface area contributed by atoms with Gasteiger partial charge in [-0.1, -0.05) is 0 Å². The standard InChI is InChI=1S/C8H12F3NO4S/c1-12(17(14,15)8(9,10)11)5-6-2-3-16-7(13)4-6/h6H,2-5H2,1H3. The number of nitrogens with zero attached hydrogens (tertiary/aromatic N) is 1. The number of halogens is 3. The Morgan fingerprint density at radius 2 is 2.06 bits per heavy atom. The Morgan fingerprint density at radius 1 is 1.47 bits per heavy atom. The van der Waals surface area contributed by atoms with Crippen molar-refractivity contribution in [3.8, 4) is 0 Å². The van der Waals surface area contributed by atoms with E-state index >= 15 is 0 Å². The Morgan fingerprint density at radius 3 is 2.53 bits per heavy atom. The van der Waals surface area contributed by atoms with Gasteiger partial charge >= 0.3 is 21.5 Å². The maximum Gasteiger partial charge on any atom is 0.511 e. The fraction of sp³-hybridized carbons (Fsp3) is 0.875. The third kappa shape index (κ3) is 3.32. The van der Waals surface area contributed by atoms with Gasteiger partial charge < -0.3 is 4.74 Å². The molecular formula is C8H12F3NO4S. The van der Waals surface area contributed by atoms with E-state index in [9.17, 15) is 26.4 Å². The summed E-state index contributed by atoms with van der Waals surface area (Å²) in [6.45, 7) is -0.222. The van der Waals surface area contributed by atoms with Crippen molar-refractivity contribution >= 4 is 16.0 Å². The van der Waals surface area contributed by atoms with Crippen molar-refractivity contribution in [1.82, 2.24) is 4.31 Å². The van der Waals surface area contributed by atoms with E-state index in [2.05, 4.69) is 4.74 Å². The van der Waals surface area contributed by atoms with Gasteiger partial charge in [0.15, 0.2) is 0 Å². The van der Waals surface area contributed by atoms with Crippen molar-refractivity contribution in [3.63, 3.8) is 0 Å². The van der Waals surface area contributed by atoms with Crippen LogP contribution in [0.5, 0.6) is 0 Å². The Hall–Kier alpha value is -0.830. The predicted octanol–water partition coefficient (Wildman–Crippen LogP) is 0.721. The number of sulfonamides is 1. The summed E-state index contributed by atoms with van der Waals surface area (Å²) in [4.78, 5) is 10.9. The molecule has 0 aromatic heterocycles. The largest absolute Gasteiger partial charge is 0.511 e. The Bertz CT molecular complexity index is 392. The van der Waals surface area contributed by atoms with Gasteiger partial charge in [-0.25, -0.2) is 8.42 Å². The quantitative estimate of drug-likeness (QED) is 0.712. The van der Waals surface area contributed by atoms with Crippen LogP contribution in [-0.2, 0) is 19.6 Å². The summed E-state index contributed by atoms with van der Waals surface area (Å²) < 4.78 is 63.4. The third-order valence-corrected chi connectivity index (χ3v) is 4.02. The summed E-state index contributed by atoms with van der Waals surface area (Å²) >= 11 is 0. The second-order valence-corrected chi connectivity index (χ2v) is 5.85. The van der Waals surface area contributed by atoms with E-state index in [0.29, 0.717) is 6.42 Å². The van der Waals surface area contributed by atoms with Gasteiger partial charge in [0.05, 0.1) is 6.61 Å². The smallest absolute Gasteiger partial charge is 0.466 e. The van der Waals surface area contributed by atoms with Crippen LogP contribution in [0, 0.1) is 5.92 Å². The molecule has 1 rings (SSSR count). The van der Waals surface area contributed by atoms with Crippen molar-refractivity contribution < 1.29 is 31.1 Å². The predicted molar refractivity (Wildman–Crippen MR) is 51.3 cm³/mol. The van der Waals surface area contributed by atoms with Crippen LogP contribution in [0.2, 0.25) is 0 Å². The van der Waals surface area contributed by atoms with Gasteiger partial charge in [0.2, 0.25) is 0 Å². The summed E-state index contributed by atoms with van der Waals surface area (Å²) in [5.74, 6) is -0.947. The van der Waals surface area contributed by atoms with Crippen molar-refractivity contribution in [2.75, 3.05) is 20.2 Å². The molecule has 0 radical (unpaired) electrons. The van der Waals surface area contributed by atoms with E-state index in [1.165, 1.54) is 0 Å². The highest BCUT2D eigenvalue weighted by atomic mass is 32.2. The van der Waals surface area contributed by atoms with Crippen molar-refractivity contribution in [3.05, 3.63) is 0 Å². The Kier molecular flexibility index (Phi) is 4.03. The summed E-state index contributed by atoms with van der Waals surface area (Å²) in [6, 6.07) is 0. The molecule has 100 valence electrons. The lowest BCUT2D eigenvalue weighted by atomic mass is 10.0. The fourth-order valence-electron chi connectivity index (χ4n) is 1.53. The van der Waals surface area contributed by atoms with E-state index < -0.39 is 27.4 Å². The van der Waals surface area contributed by atoms with Gasteiger partial charge in [-0.2, -0.15) is 17.5 Å². The maximum atomic E-state index is 12.2. The summed E-state index contributed by atoms with van der Waals surface area (Å²) in [7, 11) is -4.46. The SMILES string of the molecule is CN(CC1CCOC(=O)C1)S(=O)(=O)C(F)(F)F. The second kappa shape index (κ2) is 4.81. The van der Waals surface area contributed by atoms with Crippen LogP contribution < -0.4 is 0 Å².